The van der Waals surface area contributed by atoms with Crippen LogP contribution in [0.1, 0.15) is 159 Å². The Bertz CT molecular complexity index is 4060. The van der Waals surface area contributed by atoms with E-state index in [1.165, 1.54) is 0 Å². The Balaban J connectivity index is 0.000000202. The molecule has 13 nitrogen and oxygen atoms in total. The first-order chi connectivity index (χ1) is 45.8. The Hall–Kier alpha value is -10.4. The molecule has 0 aromatic heterocycles. The molecule has 0 aliphatic rings. The largest absolute Gasteiger partial charge is 0.497 e. The van der Waals surface area contributed by atoms with E-state index in [0.717, 1.165) is 134 Å². The van der Waals surface area contributed by atoms with Crippen molar-refractivity contribution in [2.75, 3.05) is 23.1 Å². The van der Waals surface area contributed by atoms with Crippen LogP contribution in [0.25, 0.3) is 0 Å². The molecule has 9 aromatic carbocycles. The van der Waals surface area contributed by atoms with Crippen LogP contribution in [0.15, 0.2) is 212 Å². The van der Waals surface area contributed by atoms with E-state index in [1.54, 1.807) is 122 Å². The number of carbonyl (C=O) groups excluding carboxylic acids is 3. The van der Waals surface area contributed by atoms with Gasteiger partial charge in [-0.2, -0.15) is 13.2 Å². The van der Waals surface area contributed by atoms with Crippen molar-refractivity contribution in [3.05, 3.63) is 295 Å². The minimum atomic E-state index is -4.70. The molecule has 0 spiro atoms. The number of aryl methyl sites for hydroxylation is 6. The van der Waals surface area contributed by atoms with Gasteiger partial charge in [-0.1, -0.05) is 146 Å². The van der Waals surface area contributed by atoms with Crippen LogP contribution < -0.4 is 20.7 Å². The van der Waals surface area contributed by atoms with Gasteiger partial charge in [0.25, 0.3) is 17.7 Å². The predicted molar refractivity (Wildman–Crippen MR) is 363 cm³/mol. The molecule has 0 atom stereocenters. The zero-order valence-corrected chi connectivity index (χ0v) is 53.2. The molecule has 3 amide bonds. The summed E-state index contributed by atoms with van der Waals surface area (Å²) in [6, 6.07) is 59.5. The third kappa shape index (κ3) is 22.7. The maximum Gasteiger partial charge on any atom is 0.416 e. The number of rotatable bonds is 28. The fraction of sp³-hybridized carbons (Fsp3) is 0.221. The van der Waals surface area contributed by atoms with Gasteiger partial charge in [0.1, 0.15) is 11.6 Å². The van der Waals surface area contributed by atoms with Crippen molar-refractivity contribution in [1.82, 2.24) is 0 Å². The normalized spacial score (nSPS) is 10.8. The number of carboxylic acids is 3. The lowest BCUT2D eigenvalue weighted by atomic mass is 9.99. The van der Waals surface area contributed by atoms with Crippen molar-refractivity contribution in [2.24, 2.45) is 0 Å². The molecule has 0 radical (unpaired) electrons. The van der Waals surface area contributed by atoms with Crippen molar-refractivity contribution in [3.8, 4) is 5.75 Å². The molecule has 0 heterocycles. The summed E-state index contributed by atoms with van der Waals surface area (Å²) < 4.78 is 57.5. The number of anilines is 3. The number of alkyl halides is 3. The van der Waals surface area contributed by atoms with E-state index in [-0.39, 0.29) is 11.8 Å². The van der Waals surface area contributed by atoms with E-state index in [2.05, 4.69) is 16.0 Å². The third-order valence-corrected chi connectivity index (χ3v) is 15.9. The fourth-order valence-electron chi connectivity index (χ4n) is 10.7. The van der Waals surface area contributed by atoms with Crippen LogP contribution in [-0.4, -0.2) is 58.1 Å². The van der Waals surface area contributed by atoms with Crippen LogP contribution in [0.5, 0.6) is 5.75 Å². The average molecular weight is 1310 g/mol. The number of hydrogen-bond acceptors (Lipinski definition) is 7. The summed E-state index contributed by atoms with van der Waals surface area (Å²) in [6.45, 7) is 0. The van der Waals surface area contributed by atoms with Crippen LogP contribution in [0.2, 0.25) is 5.02 Å². The zero-order valence-electron chi connectivity index (χ0n) is 52.4. The summed E-state index contributed by atoms with van der Waals surface area (Å²) in [5.74, 6) is -4.41. The Morgan fingerprint density at radius 3 is 1.08 bits per heavy atom. The van der Waals surface area contributed by atoms with Gasteiger partial charge in [0.2, 0.25) is 0 Å². The smallest absolute Gasteiger partial charge is 0.416 e. The summed E-state index contributed by atoms with van der Waals surface area (Å²) in [5.41, 5.74) is 8.13. The number of para-hydroxylation sites is 3. The quantitative estimate of drug-likeness (QED) is 0.0202. The van der Waals surface area contributed by atoms with Gasteiger partial charge in [-0.05, 0) is 207 Å². The lowest BCUT2D eigenvalue weighted by molar-refractivity contribution is -0.137. The van der Waals surface area contributed by atoms with Crippen molar-refractivity contribution in [2.45, 2.75) is 102 Å². The maximum absolute atomic E-state index is 14.1. The number of halogens is 5. The monoisotopic (exact) mass is 1310 g/mol. The number of hydrogen-bond donors (Lipinski definition) is 6. The van der Waals surface area contributed by atoms with E-state index in [1.807, 2.05) is 78.9 Å². The minimum Gasteiger partial charge on any atom is -0.497 e. The number of methoxy groups -OCH3 is 1. The first-order valence-electron chi connectivity index (χ1n) is 31.2. The molecule has 0 aliphatic heterocycles. The summed E-state index contributed by atoms with van der Waals surface area (Å²) in [7, 11) is 1.59. The summed E-state index contributed by atoms with van der Waals surface area (Å²) in [5, 5.41) is 36.9. The predicted octanol–water partition coefficient (Wildman–Crippen LogP) is 18.6. The molecular weight excluding hydrogens is 1240 g/mol. The van der Waals surface area contributed by atoms with Crippen LogP contribution in [0.4, 0.5) is 34.6 Å². The second-order valence-corrected chi connectivity index (χ2v) is 22.8. The SMILES string of the molecule is COc1ccc(C(=O)Nc2ccccc2CCCCCc2ccccc2C(=O)O)cc1.O=C(Nc1ccccc1CCCCCc1ccccc1C(=O)O)c1ccc(C(F)(F)F)cc1F.O=C(Nc1ccccc1CCCCCc1ccccc1C(=O)O)c1cccc(Cl)c1. The molecule has 0 saturated heterocycles. The number of nitrogens with one attached hydrogen (secondary N) is 3. The van der Waals surface area contributed by atoms with Gasteiger partial charge < -0.3 is 36.0 Å². The minimum absolute atomic E-state index is 0.152. The van der Waals surface area contributed by atoms with Crippen molar-refractivity contribution >= 4 is 64.3 Å². The van der Waals surface area contributed by atoms with Crippen LogP contribution >= 0.6 is 11.6 Å². The molecule has 95 heavy (non-hydrogen) atoms. The summed E-state index contributed by atoms with van der Waals surface area (Å²) >= 11 is 5.98. The zero-order chi connectivity index (χ0) is 68.1. The van der Waals surface area contributed by atoms with Gasteiger partial charge in [-0.3, -0.25) is 14.4 Å². The van der Waals surface area contributed by atoms with Crippen molar-refractivity contribution in [3.63, 3.8) is 0 Å². The molecule has 0 fully saturated rings. The highest BCUT2D eigenvalue weighted by molar-refractivity contribution is 6.31. The highest BCUT2D eigenvalue weighted by atomic mass is 35.5. The topological polar surface area (TPSA) is 208 Å². The standard InChI is InChI=1S/C26H23F4NO3.C26H27NO4.C25H24ClNO3/c27-22-16-19(26(28,29)30)14-15-21(22)24(32)31-23-13-7-5-11-18(23)10-3-1-2-8-17-9-4-6-12-20(17)25(33)34;1-31-22-17-15-21(16-18-22)25(28)27-24-14-8-6-12-20(24)11-4-2-3-9-19-10-5-7-13-23(19)26(29)30;26-21-14-8-13-20(17-21)24(28)27-23-16-7-5-12-19(23)11-3-1-2-9-18-10-4-6-15-22(18)25(29)30/h4-7,9,11-16H,1-3,8,10H2,(H,31,32)(H,33,34);5-8,10,12-18H,2-4,9,11H2,1H3,(H,27,28)(H,29,30);4-8,10,12-17H,1-3,9,11H2,(H,27,28)(H,29,30). The molecule has 9 rings (SSSR count). The molecular formula is C77H74ClF4N3O10. The van der Waals surface area contributed by atoms with Gasteiger partial charge >= 0.3 is 24.1 Å². The highest BCUT2D eigenvalue weighted by Crippen LogP contribution is 2.31. The van der Waals surface area contributed by atoms with Gasteiger partial charge in [-0.15, -0.1) is 0 Å². The molecule has 9 aromatic rings. The first-order valence-corrected chi connectivity index (χ1v) is 31.5. The Morgan fingerprint density at radius 2 is 0.726 bits per heavy atom. The van der Waals surface area contributed by atoms with Gasteiger partial charge in [0.05, 0.1) is 34.9 Å². The fourth-order valence-corrected chi connectivity index (χ4v) is 10.9. The first kappa shape index (κ1) is 72.0. The molecule has 492 valence electrons. The van der Waals surface area contributed by atoms with Crippen LogP contribution in [0, 0.1) is 5.82 Å². The number of benzene rings is 9. The molecule has 0 unspecified atom stereocenters. The van der Waals surface area contributed by atoms with E-state index in [9.17, 15) is 61.6 Å². The second kappa shape index (κ2) is 36.7. The Morgan fingerprint density at radius 1 is 0.379 bits per heavy atom. The molecule has 0 saturated carbocycles. The van der Waals surface area contributed by atoms with Crippen LogP contribution in [0.3, 0.4) is 0 Å². The van der Waals surface area contributed by atoms with Crippen molar-refractivity contribution < 1.29 is 66.4 Å². The number of ether oxygens (including phenoxy) is 1. The molecule has 18 heteroatoms. The lowest BCUT2D eigenvalue weighted by Crippen LogP contribution is -2.16. The van der Waals surface area contributed by atoms with Crippen LogP contribution in [-0.2, 0) is 44.7 Å². The molecule has 0 aliphatic carbocycles. The summed E-state index contributed by atoms with van der Waals surface area (Å²) in [4.78, 5) is 71.5. The number of aromatic carboxylic acids is 3. The molecule has 0 bridgehead atoms. The third-order valence-electron chi connectivity index (χ3n) is 15.7. The second-order valence-electron chi connectivity index (χ2n) is 22.3. The highest BCUT2D eigenvalue weighted by Gasteiger charge is 2.32. The number of carbonyl (C=O) groups is 6. The average Bonchev–Trinajstić information content (AvgIpc) is 0.863. The Labute approximate surface area is 554 Å². The summed E-state index contributed by atoms with van der Waals surface area (Å²) in [6.07, 6.45) is 7.84. The van der Waals surface area contributed by atoms with Crippen molar-refractivity contribution in [1.29, 1.82) is 0 Å². The van der Waals surface area contributed by atoms with E-state index >= 15 is 0 Å². The number of unbranched alkanes of at least 4 members (excludes halogenated alkanes) is 6. The van der Waals surface area contributed by atoms with Gasteiger partial charge in [0.15, 0.2) is 0 Å². The maximum atomic E-state index is 14.1. The Kier molecular flexibility index (Phi) is 27.9. The van der Waals surface area contributed by atoms with E-state index < -0.39 is 46.9 Å². The lowest BCUT2D eigenvalue weighted by Gasteiger charge is -2.13. The van der Waals surface area contributed by atoms with E-state index in [0.29, 0.717) is 69.3 Å². The van der Waals surface area contributed by atoms with E-state index in [4.69, 9.17) is 16.3 Å². The number of carboxylic acid groups (broad SMARTS) is 3. The van der Waals surface area contributed by atoms with Gasteiger partial charge in [0, 0.05) is 33.2 Å². The number of amides is 3. The molecule has 6 N–H and O–H groups in total. The van der Waals surface area contributed by atoms with Gasteiger partial charge in [-0.25, -0.2) is 18.8 Å².